The third-order valence-electron chi connectivity index (χ3n) is 3.39. The number of benzene rings is 1. The second kappa shape index (κ2) is 6.48. The van der Waals surface area contributed by atoms with Crippen molar-refractivity contribution in [1.29, 1.82) is 0 Å². The van der Waals surface area contributed by atoms with E-state index in [1.807, 2.05) is 11.8 Å². The molecule has 0 fully saturated rings. The van der Waals surface area contributed by atoms with Crippen molar-refractivity contribution < 1.29 is 4.74 Å². The van der Waals surface area contributed by atoms with Crippen molar-refractivity contribution in [1.82, 2.24) is 5.32 Å². The first-order chi connectivity index (χ1) is 8.80. The Hall–Kier alpha value is -0.670. The molecule has 1 aromatic rings. The van der Waals surface area contributed by atoms with Crippen LogP contribution in [0.3, 0.4) is 0 Å². The van der Waals surface area contributed by atoms with Gasteiger partial charge in [0, 0.05) is 16.2 Å². The van der Waals surface area contributed by atoms with Crippen LogP contribution in [0.15, 0.2) is 23.1 Å². The van der Waals surface area contributed by atoms with Gasteiger partial charge < -0.3 is 10.1 Å². The largest absolute Gasteiger partial charge is 0.497 e. The van der Waals surface area contributed by atoms with Gasteiger partial charge >= 0.3 is 0 Å². The number of hydrogen-bond donors (Lipinski definition) is 1. The molecule has 2 rings (SSSR count). The maximum absolute atomic E-state index is 5.35. The molecule has 1 N–H and O–H groups in total. The van der Waals surface area contributed by atoms with E-state index in [4.69, 9.17) is 4.74 Å². The molecule has 0 radical (unpaired) electrons. The lowest BCUT2D eigenvalue weighted by Gasteiger charge is -2.20. The lowest BCUT2D eigenvalue weighted by Crippen LogP contribution is -2.27. The van der Waals surface area contributed by atoms with Gasteiger partial charge in [-0.25, -0.2) is 0 Å². The first-order valence-corrected chi connectivity index (χ1v) is 7.76. The summed E-state index contributed by atoms with van der Waals surface area (Å²) >= 11 is 2.02. The van der Waals surface area contributed by atoms with Gasteiger partial charge in [-0.2, -0.15) is 0 Å². The molecule has 0 saturated heterocycles. The highest BCUT2D eigenvalue weighted by atomic mass is 32.2. The van der Waals surface area contributed by atoms with Crippen molar-refractivity contribution in [2.24, 2.45) is 0 Å². The minimum Gasteiger partial charge on any atom is -0.497 e. The fourth-order valence-electron chi connectivity index (χ4n) is 2.49. The number of nitrogens with one attached hydrogen (secondary N) is 1. The van der Waals surface area contributed by atoms with Gasteiger partial charge in [0.05, 0.1) is 7.11 Å². The van der Waals surface area contributed by atoms with Gasteiger partial charge in [-0.1, -0.05) is 20.3 Å². The number of hydrogen-bond acceptors (Lipinski definition) is 3. The number of methoxy groups -OCH3 is 1. The van der Waals surface area contributed by atoms with Gasteiger partial charge in [-0.3, -0.25) is 0 Å². The third-order valence-corrected chi connectivity index (χ3v) is 4.83. The molecule has 0 spiro atoms. The van der Waals surface area contributed by atoms with Crippen LogP contribution in [0.2, 0.25) is 0 Å². The maximum atomic E-state index is 5.35. The Bertz CT molecular complexity index is 394. The van der Waals surface area contributed by atoms with E-state index in [1.165, 1.54) is 29.7 Å². The molecule has 1 aromatic carbocycles. The average Bonchev–Trinajstić information content (AvgIpc) is 2.73. The van der Waals surface area contributed by atoms with E-state index in [9.17, 15) is 0 Å². The summed E-state index contributed by atoms with van der Waals surface area (Å²) in [5, 5.41) is 4.37. The molecule has 0 saturated carbocycles. The van der Waals surface area contributed by atoms with E-state index in [0.29, 0.717) is 11.3 Å². The zero-order chi connectivity index (χ0) is 13.0. The van der Waals surface area contributed by atoms with E-state index in [2.05, 4.69) is 37.4 Å². The lowest BCUT2D eigenvalue weighted by molar-refractivity contribution is 0.412. The van der Waals surface area contributed by atoms with Crippen LogP contribution < -0.4 is 10.1 Å². The first kappa shape index (κ1) is 13.8. The SMILES string of the molecule is CCCNC1c2cc(OC)ccc2SC1CCC. The highest BCUT2D eigenvalue weighted by Gasteiger charge is 2.32. The zero-order valence-electron chi connectivity index (χ0n) is 11.5. The molecule has 3 heteroatoms. The second-order valence-corrected chi connectivity index (χ2v) is 6.06. The molecule has 0 aromatic heterocycles. The van der Waals surface area contributed by atoms with Crippen molar-refractivity contribution in [2.45, 2.75) is 49.3 Å². The normalized spacial score (nSPS) is 21.9. The average molecular weight is 265 g/mol. The van der Waals surface area contributed by atoms with Gasteiger partial charge in [0.2, 0.25) is 0 Å². The summed E-state index contributed by atoms with van der Waals surface area (Å²) in [5.41, 5.74) is 1.42. The summed E-state index contributed by atoms with van der Waals surface area (Å²) in [7, 11) is 1.74. The van der Waals surface area contributed by atoms with Crippen LogP contribution in [-0.4, -0.2) is 18.9 Å². The summed E-state index contributed by atoms with van der Waals surface area (Å²) in [4.78, 5) is 1.42. The summed E-state index contributed by atoms with van der Waals surface area (Å²) < 4.78 is 5.35. The summed E-state index contributed by atoms with van der Waals surface area (Å²) in [6.45, 7) is 5.57. The van der Waals surface area contributed by atoms with Crippen LogP contribution in [0.5, 0.6) is 5.75 Å². The quantitative estimate of drug-likeness (QED) is 0.839. The molecule has 0 aliphatic carbocycles. The standard InChI is InChI=1S/C15H23NOS/c1-4-6-14-15(16-9-5-2)12-10-11(17-3)7-8-13(12)18-14/h7-8,10,14-16H,4-6,9H2,1-3H3. The van der Waals surface area contributed by atoms with Crippen LogP contribution in [0.1, 0.15) is 44.7 Å². The smallest absolute Gasteiger partial charge is 0.119 e. The topological polar surface area (TPSA) is 21.3 Å². The van der Waals surface area contributed by atoms with E-state index >= 15 is 0 Å². The fourth-order valence-corrected chi connectivity index (χ4v) is 4.01. The number of rotatable bonds is 6. The van der Waals surface area contributed by atoms with E-state index in [0.717, 1.165) is 12.3 Å². The molecule has 2 nitrogen and oxygen atoms in total. The molecular weight excluding hydrogens is 242 g/mol. The van der Waals surface area contributed by atoms with E-state index < -0.39 is 0 Å². The fraction of sp³-hybridized carbons (Fsp3) is 0.600. The van der Waals surface area contributed by atoms with Crippen molar-refractivity contribution in [3.05, 3.63) is 23.8 Å². The van der Waals surface area contributed by atoms with Gasteiger partial charge in [-0.05, 0) is 43.1 Å². The maximum Gasteiger partial charge on any atom is 0.119 e. The van der Waals surface area contributed by atoms with Crippen LogP contribution in [-0.2, 0) is 0 Å². The van der Waals surface area contributed by atoms with Crippen molar-refractivity contribution in [3.8, 4) is 5.75 Å². The van der Waals surface area contributed by atoms with Gasteiger partial charge in [0.1, 0.15) is 5.75 Å². The number of ether oxygens (including phenoxy) is 1. The van der Waals surface area contributed by atoms with Crippen LogP contribution in [0, 0.1) is 0 Å². The molecule has 1 aliphatic rings. The monoisotopic (exact) mass is 265 g/mol. The van der Waals surface area contributed by atoms with Gasteiger partial charge in [-0.15, -0.1) is 11.8 Å². The van der Waals surface area contributed by atoms with E-state index in [-0.39, 0.29) is 0 Å². The van der Waals surface area contributed by atoms with Crippen LogP contribution in [0.25, 0.3) is 0 Å². The Morgan fingerprint density at radius 2 is 2.11 bits per heavy atom. The molecule has 2 unspecified atom stereocenters. The number of fused-ring (bicyclic) bond motifs is 1. The Morgan fingerprint density at radius 1 is 1.28 bits per heavy atom. The predicted octanol–water partition coefficient (Wildman–Crippen LogP) is 4.01. The molecule has 18 heavy (non-hydrogen) atoms. The van der Waals surface area contributed by atoms with Gasteiger partial charge in [0.15, 0.2) is 0 Å². The molecule has 0 amide bonds. The van der Waals surface area contributed by atoms with Crippen LogP contribution >= 0.6 is 11.8 Å². The molecule has 1 aliphatic heterocycles. The first-order valence-electron chi connectivity index (χ1n) is 6.88. The zero-order valence-corrected chi connectivity index (χ0v) is 12.3. The molecule has 100 valence electrons. The summed E-state index contributed by atoms with van der Waals surface area (Å²) in [6.07, 6.45) is 3.69. The third kappa shape index (κ3) is 2.83. The summed E-state index contributed by atoms with van der Waals surface area (Å²) in [5.74, 6) is 0.967. The Kier molecular flexibility index (Phi) is 4.95. The van der Waals surface area contributed by atoms with Crippen molar-refractivity contribution in [2.75, 3.05) is 13.7 Å². The Labute approximate surface area is 114 Å². The molecule has 0 bridgehead atoms. The lowest BCUT2D eigenvalue weighted by atomic mass is 10.0. The predicted molar refractivity (Wildman–Crippen MR) is 78.6 cm³/mol. The highest BCUT2D eigenvalue weighted by Crippen LogP contribution is 2.47. The highest BCUT2D eigenvalue weighted by molar-refractivity contribution is 8.00. The van der Waals surface area contributed by atoms with Crippen molar-refractivity contribution >= 4 is 11.8 Å². The summed E-state index contributed by atoms with van der Waals surface area (Å²) in [6, 6.07) is 6.96. The second-order valence-electron chi connectivity index (χ2n) is 4.78. The Balaban J connectivity index is 2.22. The number of thioether (sulfide) groups is 1. The minimum atomic E-state index is 0.486. The van der Waals surface area contributed by atoms with E-state index in [1.54, 1.807) is 7.11 Å². The Morgan fingerprint density at radius 3 is 2.78 bits per heavy atom. The van der Waals surface area contributed by atoms with Crippen LogP contribution in [0.4, 0.5) is 0 Å². The van der Waals surface area contributed by atoms with Gasteiger partial charge in [0.25, 0.3) is 0 Å². The molecule has 1 heterocycles. The molecule has 2 atom stereocenters. The van der Waals surface area contributed by atoms with Crippen molar-refractivity contribution in [3.63, 3.8) is 0 Å². The molecular formula is C15H23NOS. The minimum absolute atomic E-state index is 0.486.